The van der Waals surface area contributed by atoms with Gasteiger partial charge >= 0.3 is 0 Å². The molecule has 1 fully saturated rings. The standard InChI is InChI=1S/C26H29N3O4/c1-17(2)32-23-15-18(31-4)9-10-20(23)25(30)29-13-11-26(12-14-29)21-16-27-28(3)24(21)19-7-5-6-8-22(19)33-26/h5-10,15-17H,11-14H2,1-4H3. The van der Waals surface area contributed by atoms with Crippen LogP contribution >= 0.6 is 0 Å². The molecule has 0 saturated carbocycles. The number of aromatic nitrogens is 2. The van der Waals surface area contributed by atoms with E-state index in [1.807, 2.05) is 54.9 Å². The number of hydrogen-bond donors (Lipinski definition) is 0. The van der Waals surface area contributed by atoms with Crippen LogP contribution in [-0.2, 0) is 12.6 Å². The molecule has 172 valence electrons. The minimum absolute atomic E-state index is 0.0363. The highest BCUT2D eigenvalue weighted by atomic mass is 16.5. The molecule has 3 heterocycles. The molecule has 0 unspecified atom stereocenters. The molecule has 0 bridgehead atoms. The lowest BCUT2D eigenvalue weighted by atomic mass is 9.81. The first-order valence-electron chi connectivity index (χ1n) is 11.4. The zero-order valence-electron chi connectivity index (χ0n) is 19.5. The van der Waals surface area contributed by atoms with Gasteiger partial charge in [-0.25, -0.2) is 0 Å². The third-order valence-corrected chi connectivity index (χ3v) is 6.52. The summed E-state index contributed by atoms with van der Waals surface area (Å²) in [5, 5.41) is 4.53. The number of carbonyl (C=O) groups excluding carboxylic acids is 1. The second-order valence-corrected chi connectivity index (χ2v) is 8.94. The van der Waals surface area contributed by atoms with Gasteiger partial charge in [0.05, 0.1) is 30.7 Å². The van der Waals surface area contributed by atoms with Crippen LogP contribution in [0.1, 0.15) is 42.6 Å². The fraction of sp³-hybridized carbons (Fsp3) is 0.385. The van der Waals surface area contributed by atoms with Gasteiger partial charge in [0.25, 0.3) is 5.91 Å². The summed E-state index contributed by atoms with van der Waals surface area (Å²) in [6.07, 6.45) is 3.26. The van der Waals surface area contributed by atoms with Crippen molar-refractivity contribution >= 4 is 5.91 Å². The maximum atomic E-state index is 13.5. The van der Waals surface area contributed by atoms with Gasteiger partial charge in [-0.3, -0.25) is 9.48 Å². The lowest BCUT2D eigenvalue weighted by Crippen LogP contribution is -2.49. The van der Waals surface area contributed by atoms with E-state index >= 15 is 0 Å². The third-order valence-electron chi connectivity index (χ3n) is 6.52. The summed E-state index contributed by atoms with van der Waals surface area (Å²) in [4.78, 5) is 15.4. The van der Waals surface area contributed by atoms with E-state index in [1.165, 1.54) is 0 Å². The third kappa shape index (κ3) is 3.61. The Morgan fingerprint density at radius 2 is 1.91 bits per heavy atom. The zero-order chi connectivity index (χ0) is 23.2. The van der Waals surface area contributed by atoms with E-state index in [4.69, 9.17) is 14.2 Å². The maximum Gasteiger partial charge on any atom is 0.257 e. The molecular weight excluding hydrogens is 418 g/mol. The topological polar surface area (TPSA) is 65.8 Å². The van der Waals surface area contributed by atoms with E-state index in [2.05, 4.69) is 11.2 Å². The van der Waals surface area contributed by atoms with Gasteiger partial charge in [-0.1, -0.05) is 12.1 Å². The lowest BCUT2D eigenvalue weighted by molar-refractivity contribution is -0.00183. The van der Waals surface area contributed by atoms with Gasteiger partial charge in [0.2, 0.25) is 0 Å². The molecule has 3 aromatic rings. The molecule has 2 aromatic carbocycles. The molecule has 7 nitrogen and oxygen atoms in total. The summed E-state index contributed by atoms with van der Waals surface area (Å²) in [7, 11) is 3.57. The first-order valence-corrected chi connectivity index (χ1v) is 11.4. The second-order valence-electron chi connectivity index (χ2n) is 8.94. The van der Waals surface area contributed by atoms with Crippen LogP contribution in [0.5, 0.6) is 17.2 Å². The Balaban J connectivity index is 1.41. The summed E-state index contributed by atoms with van der Waals surface area (Å²) in [6.45, 7) is 5.06. The zero-order valence-corrected chi connectivity index (χ0v) is 19.5. The molecule has 2 aliphatic heterocycles. The Bertz CT molecular complexity index is 1190. The molecule has 1 amide bonds. The number of ether oxygens (including phenoxy) is 3. The van der Waals surface area contributed by atoms with Gasteiger partial charge in [0, 0.05) is 50.2 Å². The number of fused-ring (bicyclic) bond motifs is 4. The van der Waals surface area contributed by atoms with E-state index in [9.17, 15) is 4.79 Å². The van der Waals surface area contributed by atoms with Crippen molar-refractivity contribution in [2.24, 2.45) is 7.05 Å². The van der Waals surface area contributed by atoms with Crippen molar-refractivity contribution in [3.05, 3.63) is 59.8 Å². The fourth-order valence-corrected chi connectivity index (χ4v) is 4.88. The molecule has 0 atom stereocenters. The quantitative estimate of drug-likeness (QED) is 0.593. The first-order chi connectivity index (χ1) is 15.9. The highest BCUT2D eigenvalue weighted by molar-refractivity contribution is 5.97. The average molecular weight is 448 g/mol. The number of aryl methyl sites for hydroxylation is 1. The highest BCUT2D eigenvalue weighted by Crippen LogP contribution is 2.49. The van der Waals surface area contributed by atoms with Crippen molar-refractivity contribution in [2.75, 3.05) is 20.2 Å². The monoisotopic (exact) mass is 447 g/mol. The van der Waals surface area contributed by atoms with Crippen LogP contribution in [-0.4, -0.2) is 46.9 Å². The Morgan fingerprint density at radius 3 is 2.64 bits per heavy atom. The largest absolute Gasteiger partial charge is 0.497 e. The van der Waals surface area contributed by atoms with Gasteiger partial charge in [-0.2, -0.15) is 5.10 Å². The first kappa shape index (κ1) is 21.4. The molecule has 2 aliphatic rings. The van der Waals surface area contributed by atoms with Gasteiger partial charge in [0.15, 0.2) is 0 Å². The lowest BCUT2D eigenvalue weighted by Gasteiger charge is -2.44. The molecule has 0 aliphatic carbocycles. The minimum atomic E-state index is -0.480. The number of para-hydroxylation sites is 1. The Hall–Kier alpha value is -3.48. The van der Waals surface area contributed by atoms with Crippen LogP contribution in [0.15, 0.2) is 48.7 Å². The summed E-state index contributed by atoms with van der Waals surface area (Å²) in [5.41, 5.74) is 3.33. The Kier molecular flexibility index (Phi) is 5.27. The van der Waals surface area contributed by atoms with Crippen molar-refractivity contribution in [1.82, 2.24) is 14.7 Å². The summed E-state index contributed by atoms with van der Waals surface area (Å²) in [5.74, 6) is 2.05. The fourth-order valence-electron chi connectivity index (χ4n) is 4.88. The summed E-state index contributed by atoms with van der Waals surface area (Å²) < 4.78 is 19.8. The van der Waals surface area contributed by atoms with Crippen LogP contribution in [0, 0.1) is 0 Å². The predicted octanol–water partition coefficient (Wildman–Crippen LogP) is 4.41. The molecule has 1 spiro atoms. The number of hydrogen-bond acceptors (Lipinski definition) is 5. The normalized spacial score (nSPS) is 16.2. The maximum absolute atomic E-state index is 13.5. The number of amides is 1. The van der Waals surface area contributed by atoms with E-state index in [-0.39, 0.29) is 12.0 Å². The second kappa shape index (κ2) is 8.14. The van der Waals surface area contributed by atoms with E-state index in [0.717, 1.165) is 22.6 Å². The number of benzene rings is 2. The van der Waals surface area contributed by atoms with Crippen molar-refractivity contribution in [2.45, 2.75) is 38.4 Å². The number of nitrogens with zero attached hydrogens (tertiary/aromatic N) is 3. The minimum Gasteiger partial charge on any atom is -0.497 e. The van der Waals surface area contributed by atoms with Crippen LogP contribution in [0.2, 0.25) is 0 Å². The van der Waals surface area contributed by atoms with Gasteiger partial charge in [-0.15, -0.1) is 0 Å². The van der Waals surface area contributed by atoms with Crippen molar-refractivity contribution < 1.29 is 19.0 Å². The smallest absolute Gasteiger partial charge is 0.257 e. The molecule has 5 rings (SSSR count). The highest BCUT2D eigenvalue weighted by Gasteiger charge is 2.46. The molecule has 0 N–H and O–H groups in total. The number of carbonyl (C=O) groups is 1. The molecular formula is C26H29N3O4. The number of methoxy groups -OCH3 is 1. The number of likely N-dealkylation sites (tertiary alicyclic amines) is 1. The molecule has 1 saturated heterocycles. The van der Waals surface area contributed by atoms with Crippen molar-refractivity contribution in [1.29, 1.82) is 0 Å². The summed E-state index contributed by atoms with van der Waals surface area (Å²) in [6, 6.07) is 13.5. The van der Waals surface area contributed by atoms with E-state index in [1.54, 1.807) is 25.3 Å². The summed E-state index contributed by atoms with van der Waals surface area (Å²) >= 11 is 0. The predicted molar refractivity (Wildman–Crippen MR) is 125 cm³/mol. The molecule has 0 radical (unpaired) electrons. The number of piperidine rings is 1. The van der Waals surface area contributed by atoms with Crippen molar-refractivity contribution in [3.63, 3.8) is 0 Å². The molecule has 1 aromatic heterocycles. The van der Waals surface area contributed by atoms with Crippen LogP contribution in [0.3, 0.4) is 0 Å². The van der Waals surface area contributed by atoms with Crippen LogP contribution in [0.25, 0.3) is 11.3 Å². The Labute approximate surface area is 193 Å². The van der Waals surface area contributed by atoms with E-state index in [0.29, 0.717) is 43.0 Å². The van der Waals surface area contributed by atoms with Crippen LogP contribution in [0.4, 0.5) is 0 Å². The number of rotatable bonds is 4. The molecule has 7 heteroatoms. The van der Waals surface area contributed by atoms with Crippen LogP contribution < -0.4 is 14.2 Å². The SMILES string of the molecule is COc1ccc(C(=O)N2CCC3(CC2)Oc2ccccc2-c2c3cnn2C)c(OC(C)C)c1. The average Bonchev–Trinajstić information content (AvgIpc) is 3.21. The Morgan fingerprint density at radius 1 is 1.15 bits per heavy atom. The van der Waals surface area contributed by atoms with Crippen molar-refractivity contribution in [3.8, 4) is 28.5 Å². The van der Waals surface area contributed by atoms with Gasteiger partial charge < -0.3 is 19.1 Å². The van der Waals surface area contributed by atoms with Gasteiger partial charge in [0.1, 0.15) is 22.8 Å². The molecule has 33 heavy (non-hydrogen) atoms. The van der Waals surface area contributed by atoms with Gasteiger partial charge in [-0.05, 0) is 38.1 Å². The van der Waals surface area contributed by atoms with E-state index < -0.39 is 5.60 Å².